The number of fused-ring (bicyclic) bond motifs is 2. The Hall–Kier alpha value is -3.39. The molecule has 30 heavy (non-hydrogen) atoms. The van der Waals surface area contributed by atoms with Crippen LogP contribution in [0.15, 0.2) is 42.5 Å². The van der Waals surface area contributed by atoms with Gasteiger partial charge in [0.1, 0.15) is 5.82 Å². The average Bonchev–Trinajstić information content (AvgIpc) is 3.33. The molecule has 6 nitrogen and oxygen atoms in total. The molecular weight excluding hydrogens is 407 g/mol. The zero-order valence-electron chi connectivity index (χ0n) is 16.0. The molecule has 8 heteroatoms. The third-order valence-electron chi connectivity index (χ3n) is 5.29. The Labute approximate surface area is 175 Å². The fourth-order valence-corrected chi connectivity index (χ4v) is 5.04. The van der Waals surface area contributed by atoms with Gasteiger partial charge in [0.15, 0.2) is 11.5 Å². The van der Waals surface area contributed by atoms with Crippen LogP contribution in [-0.2, 0) is 4.79 Å². The van der Waals surface area contributed by atoms with Crippen molar-refractivity contribution in [2.75, 3.05) is 17.4 Å². The largest absolute Gasteiger partial charge is 0.454 e. The maximum atomic E-state index is 13.1. The monoisotopic (exact) mass is 424 g/mol. The van der Waals surface area contributed by atoms with E-state index in [1.54, 1.807) is 0 Å². The van der Waals surface area contributed by atoms with Crippen LogP contribution in [0.2, 0.25) is 0 Å². The minimum atomic E-state index is -0.370. The zero-order chi connectivity index (χ0) is 20.8. The van der Waals surface area contributed by atoms with Gasteiger partial charge >= 0.3 is 0 Å². The molecule has 0 bridgehead atoms. The van der Waals surface area contributed by atoms with Crippen molar-refractivity contribution in [2.24, 2.45) is 0 Å². The predicted octanol–water partition coefficient (Wildman–Crippen LogP) is 4.65. The lowest BCUT2D eigenvalue weighted by Crippen LogP contribution is -2.22. The van der Waals surface area contributed by atoms with E-state index in [-0.39, 0.29) is 36.8 Å². The first kappa shape index (κ1) is 18.6. The SMILES string of the molecule is Cc1c(C(=O)Nc2ccc(F)cc2)sc2c1C(c1ccc3c(c1)OCO3)CC(=O)N2. The van der Waals surface area contributed by atoms with Crippen LogP contribution in [0.5, 0.6) is 11.5 Å². The lowest BCUT2D eigenvalue weighted by molar-refractivity contribution is -0.116. The third-order valence-corrected chi connectivity index (χ3v) is 6.51. The molecule has 5 rings (SSSR count). The molecule has 0 saturated heterocycles. The second-order valence-electron chi connectivity index (χ2n) is 7.18. The number of carbonyl (C=O) groups is 2. The van der Waals surface area contributed by atoms with Gasteiger partial charge in [-0.3, -0.25) is 9.59 Å². The van der Waals surface area contributed by atoms with E-state index in [9.17, 15) is 14.0 Å². The van der Waals surface area contributed by atoms with Crippen molar-refractivity contribution in [1.29, 1.82) is 0 Å². The minimum absolute atomic E-state index is 0.100. The minimum Gasteiger partial charge on any atom is -0.454 e. The molecule has 1 unspecified atom stereocenters. The van der Waals surface area contributed by atoms with Crippen molar-refractivity contribution in [2.45, 2.75) is 19.3 Å². The van der Waals surface area contributed by atoms with Crippen molar-refractivity contribution < 1.29 is 23.5 Å². The lowest BCUT2D eigenvalue weighted by atomic mass is 9.84. The van der Waals surface area contributed by atoms with Crippen LogP contribution in [0.1, 0.15) is 38.7 Å². The van der Waals surface area contributed by atoms with E-state index in [4.69, 9.17) is 9.47 Å². The first-order valence-corrected chi connectivity index (χ1v) is 10.2. The molecule has 3 aromatic rings. The van der Waals surface area contributed by atoms with Gasteiger partial charge in [0.2, 0.25) is 12.7 Å². The first-order chi connectivity index (χ1) is 14.5. The van der Waals surface area contributed by atoms with Crippen molar-refractivity contribution >= 4 is 33.8 Å². The van der Waals surface area contributed by atoms with Gasteiger partial charge in [-0.15, -0.1) is 11.3 Å². The number of anilines is 2. The number of hydrogen-bond acceptors (Lipinski definition) is 5. The van der Waals surface area contributed by atoms with Crippen molar-refractivity contribution in [3.63, 3.8) is 0 Å². The number of benzene rings is 2. The molecule has 2 aliphatic rings. The van der Waals surface area contributed by atoms with E-state index < -0.39 is 0 Å². The summed E-state index contributed by atoms with van der Waals surface area (Å²) in [6, 6.07) is 11.3. The predicted molar refractivity (Wildman–Crippen MR) is 111 cm³/mol. The van der Waals surface area contributed by atoms with Crippen LogP contribution in [0.25, 0.3) is 0 Å². The van der Waals surface area contributed by atoms with Gasteiger partial charge in [0.25, 0.3) is 5.91 Å². The summed E-state index contributed by atoms with van der Waals surface area (Å²) >= 11 is 1.25. The van der Waals surface area contributed by atoms with Gasteiger partial charge in [-0.05, 0) is 60.0 Å². The van der Waals surface area contributed by atoms with Crippen molar-refractivity contribution in [1.82, 2.24) is 0 Å². The average molecular weight is 424 g/mol. The van der Waals surface area contributed by atoms with E-state index in [1.165, 1.54) is 35.6 Å². The molecule has 2 N–H and O–H groups in total. The van der Waals surface area contributed by atoms with Gasteiger partial charge in [0.05, 0.1) is 9.88 Å². The summed E-state index contributed by atoms with van der Waals surface area (Å²) in [5.74, 6) is 0.383. The highest BCUT2D eigenvalue weighted by Gasteiger charge is 2.33. The Morgan fingerprint density at radius 2 is 1.93 bits per heavy atom. The summed E-state index contributed by atoms with van der Waals surface area (Å²) in [6.07, 6.45) is 0.281. The molecule has 1 aromatic heterocycles. The van der Waals surface area contributed by atoms with Gasteiger partial charge in [-0.25, -0.2) is 4.39 Å². The number of hydrogen-bond donors (Lipinski definition) is 2. The molecule has 0 saturated carbocycles. The summed E-state index contributed by atoms with van der Waals surface area (Å²) in [5.41, 5.74) is 3.19. The third kappa shape index (κ3) is 3.19. The number of ether oxygens (including phenoxy) is 2. The number of nitrogens with one attached hydrogen (secondary N) is 2. The smallest absolute Gasteiger partial charge is 0.266 e. The van der Waals surface area contributed by atoms with Gasteiger partial charge < -0.3 is 20.1 Å². The van der Waals surface area contributed by atoms with Gasteiger partial charge in [-0.1, -0.05) is 6.07 Å². The quantitative estimate of drug-likeness (QED) is 0.642. The number of halogens is 1. The van der Waals surface area contributed by atoms with Crippen LogP contribution < -0.4 is 20.1 Å². The molecule has 152 valence electrons. The number of amides is 2. The second-order valence-corrected chi connectivity index (χ2v) is 8.20. The molecule has 0 radical (unpaired) electrons. The first-order valence-electron chi connectivity index (χ1n) is 9.39. The molecule has 0 aliphatic carbocycles. The zero-order valence-corrected chi connectivity index (χ0v) is 16.8. The summed E-state index contributed by atoms with van der Waals surface area (Å²) in [4.78, 5) is 25.7. The Morgan fingerprint density at radius 1 is 1.17 bits per heavy atom. The van der Waals surface area contributed by atoms with E-state index in [1.807, 2.05) is 25.1 Å². The molecule has 1 atom stereocenters. The molecule has 2 aromatic carbocycles. The normalized spacial score (nSPS) is 16.7. The highest BCUT2D eigenvalue weighted by molar-refractivity contribution is 7.18. The number of thiophene rings is 1. The Bertz CT molecular complexity index is 1170. The van der Waals surface area contributed by atoms with Crippen molar-refractivity contribution in [3.8, 4) is 11.5 Å². The van der Waals surface area contributed by atoms with Crippen molar-refractivity contribution in [3.05, 3.63) is 69.8 Å². The van der Waals surface area contributed by atoms with Crippen LogP contribution in [-0.4, -0.2) is 18.6 Å². The molecule has 3 heterocycles. The van der Waals surface area contributed by atoms with Gasteiger partial charge in [0, 0.05) is 18.0 Å². The summed E-state index contributed by atoms with van der Waals surface area (Å²) in [7, 11) is 0. The highest BCUT2D eigenvalue weighted by Crippen LogP contribution is 2.47. The van der Waals surface area contributed by atoms with Crippen LogP contribution >= 0.6 is 11.3 Å². The van der Waals surface area contributed by atoms with Crippen LogP contribution in [0.4, 0.5) is 15.1 Å². The molecule has 0 fully saturated rings. The maximum absolute atomic E-state index is 13.1. The Morgan fingerprint density at radius 3 is 2.73 bits per heavy atom. The Balaban J connectivity index is 1.50. The maximum Gasteiger partial charge on any atom is 0.266 e. The topological polar surface area (TPSA) is 76.7 Å². The standard InChI is InChI=1S/C22H17FN2O4S/c1-11-19-15(12-2-7-16-17(8-12)29-10-28-16)9-18(26)25-22(19)30-20(11)21(27)24-14-5-3-13(23)4-6-14/h2-8,15H,9-10H2,1H3,(H,24,27)(H,25,26). The lowest BCUT2D eigenvalue weighted by Gasteiger charge is -2.24. The second kappa shape index (κ2) is 7.14. The van der Waals surface area contributed by atoms with E-state index >= 15 is 0 Å². The summed E-state index contributed by atoms with van der Waals surface area (Å²) in [6.45, 7) is 2.06. The van der Waals surface area contributed by atoms with Crippen LogP contribution in [0, 0.1) is 12.7 Å². The van der Waals surface area contributed by atoms with E-state index in [0.717, 1.165) is 16.7 Å². The molecule has 2 amide bonds. The fourth-order valence-electron chi connectivity index (χ4n) is 3.86. The molecule has 0 spiro atoms. The van der Waals surface area contributed by atoms with Gasteiger partial charge in [-0.2, -0.15) is 0 Å². The summed E-state index contributed by atoms with van der Waals surface area (Å²) in [5, 5.41) is 6.36. The molecule has 2 aliphatic heterocycles. The fraction of sp³-hybridized carbons (Fsp3) is 0.182. The number of rotatable bonds is 3. The Kier molecular flexibility index (Phi) is 4.43. The van der Waals surface area contributed by atoms with E-state index in [2.05, 4.69) is 10.6 Å². The van der Waals surface area contributed by atoms with E-state index in [0.29, 0.717) is 27.1 Å². The highest BCUT2D eigenvalue weighted by atomic mass is 32.1. The summed E-state index contributed by atoms with van der Waals surface area (Å²) < 4.78 is 24.0. The molecular formula is C22H17FN2O4S. The number of carbonyl (C=O) groups excluding carboxylic acids is 2. The van der Waals surface area contributed by atoms with Crippen LogP contribution in [0.3, 0.4) is 0 Å².